The van der Waals surface area contributed by atoms with E-state index in [1.807, 2.05) is 71.6 Å². The molecule has 0 amide bonds. The van der Waals surface area contributed by atoms with Gasteiger partial charge in [-0.05, 0) is 17.2 Å². The van der Waals surface area contributed by atoms with Crippen molar-refractivity contribution < 1.29 is 4.79 Å². The minimum absolute atomic E-state index is 0.160. The van der Waals surface area contributed by atoms with Gasteiger partial charge in [-0.15, -0.1) is 0 Å². The van der Waals surface area contributed by atoms with E-state index >= 15 is 0 Å². The molecule has 0 unspecified atom stereocenters. The van der Waals surface area contributed by atoms with Crippen molar-refractivity contribution >= 4 is 5.78 Å². The number of Topliss-reactive ketones (excluding diaryl/α,β-unsaturated/α-hetero) is 1. The average molecular weight is 275 g/mol. The van der Waals surface area contributed by atoms with E-state index in [4.69, 9.17) is 0 Å². The lowest BCUT2D eigenvalue weighted by atomic mass is 10.1. The van der Waals surface area contributed by atoms with Crippen molar-refractivity contribution in [3.8, 4) is 0 Å². The monoisotopic (exact) mass is 275 g/mol. The van der Waals surface area contributed by atoms with Crippen LogP contribution in [0.15, 0.2) is 79.1 Å². The summed E-state index contributed by atoms with van der Waals surface area (Å²) in [6.07, 6.45) is 4.35. The molecule has 0 aliphatic heterocycles. The van der Waals surface area contributed by atoms with Gasteiger partial charge in [0.25, 0.3) is 0 Å². The van der Waals surface area contributed by atoms with Crippen LogP contribution in [0.5, 0.6) is 0 Å². The van der Waals surface area contributed by atoms with E-state index in [-0.39, 0.29) is 5.78 Å². The smallest absolute Gasteiger partial charge is 0.168 e. The standard InChI is InChI=1S/C19H17NO/c21-19(13-16-7-3-1-4-8-16)18-11-12-20(15-18)14-17-9-5-2-6-10-17/h1-12,15H,13-14H2. The number of hydrogen-bond donors (Lipinski definition) is 0. The van der Waals surface area contributed by atoms with E-state index in [2.05, 4.69) is 12.1 Å². The summed E-state index contributed by atoms with van der Waals surface area (Å²) in [4.78, 5) is 12.3. The number of benzene rings is 2. The summed E-state index contributed by atoms with van der Waals surface area (Å²) in [6, 6.07) is 22.0. The van der Waals surface area contributed by atoms with Crippen molar-refractivity contribution in [2.45, 2.75) is 13.0 Å². The third-order valence-corrected chi connectivity index (χ3v) is 3.49. The van der Waals surface area contributed by atoms with Gasteiger partial charge in [-0.25, -0.2) is 0 Å². The molecule has 0 atom stereocenters. The van der Waals surface area contributed by atoms with Crippen LogP contribution in [0.4, 0.5) is 0 Å². The topological polar surface area (TPSA) is 22.0 Å². The number of carbonyl (C=O) groups is 1. The predicted molar refractivity (Wildman–Crippen MR) is 84.5 cm³/mol. The first-order valence-electron chi connectivity index (χ1n) is 7.08. The first kappa shape index (κ1) is 13.4. The van der Waals surface area contributed by atoms with Crippen LogP contribution >= 0.6 is 0 Å². The number of rotatable bonds is 5. The van der Waals surface area contributed by atoms with Gasteiger partial charge in [0.1, 0.15) is 0 Å². The molecule has 1 heterocycles. The summed E-state index contributed by atoms with van der Waals surface area (Å²) < 4.78 is 2.05. The predicted octanol–water partition coefficient (Wildman–Crippen LogP) is 3.96. The van der Waals surface area contributed by atoms with Gasteiger partial charge in [0.15, 0.2) is 5.78 Å². The van der Waals surface area contributed by atoms with E-state index < -0.39 is 0 Å². The molecule has 104 valence electrons. The molecule has 0 aliphatic carbocycles. The highest BCUT2D eigenvalue weighted by Crippen LogP contribution is 2.10. The average Bonchev–Trinajstić information content (AvgIpc) is 2.98. The third kappa shape index (κ3) is 3.48. The molecule has 21 heavy (non-hydrogen) atoms. The van der Waals surface area contributed by atoms with E-state index in [1.165, 1.54) is 5.56 Å². The normalized spacial score (nSPS) is 10.5. The molecule has 0 fully saturated rings. The molecule has 0 spiro atoms. The minimum Gasteiger partial charge on any atom is -0.349 e. The number of nitrogens with zero attached hydrogens (tertiary/aromatic N) is 1. The Morgan fingerprint density at radius 2 is 1.43 bits per heavy atom. The number of aromatic nitrogens is 1. The van der Waals surface area contributed by atoms with Crippen molar-refractivity contribution in [1.29, 1.82) is 0 Å². The van der Waals surface area contributed by atoms with Crippen LogP contribution < -0.4 is 0 Å². The zero-order valence-corrected chi connectivity index (χ0v) is 11.8. The van der Waals surface area contributed by atoms with E-state index in [1.54, 1.807) is 0 Å². The first-order valence-corrected chi connectivity index (χ1v) is 7.08. The van der Waals surface area contributed by atoms with Gasteiger partial charge in [0, 0.05) is 30.9 Å². The molecule has 3 aromatic rings. The van der Waals surface area contributed by atoms with Crippen molar-refractivity contribution in [2.75, 3.05) is 0 Å². The Kier molecular flexibility index (Phi) is 3.97. The Balaban J connectivity index is 1.68. The SMILES string of the molecule is O=C(Cc1ccccc1)c1ccn(Cc2ccccc2)c1. The highest BCUT2D eigenvalue weighted by molar-refractivity contribution is 5.97. The highest BCUT2D eigenvalue weighted by atomic mass is 16.1. The van der Waals surface area contributed by atoms with Crippen LogP contribution in [-0.4, -0.2) is 10.4 Å². The molecule has 0 bridgehead atoms. The van der Waals surface area contributed by atoms with Crippen LogP contribution in [-0.2, 0) is 13.0 Å². The fourth-order valence-electron chi connectivity index (χ4n) is 2.38. The molecule has 2 heteroatoms. The summed E-state index contributed by atoms with van der Waals surface area (Å²) in [7, 11) is 0. The Bertz CT molecular complexity index is 714. The lowest BCUT2D eigenvalue weighted by Gasteiger charge is -2.02. The summed E-state index contributed by atoms with van der Waals surface area (Å²) in [5.74, 6) is 0.160. The summed E-state index contributed by atoms with van der Waals surface area (Å²) in [5, 5.41) is 0. The van der Waals surface area contributed by atoms with Crippen LogP contribution in [0.3, 0.4) is 0 Å². The molecule has 0 radical (unpaired) electrons. The lowest BCUT2D eigenvalue weighted by molar-refractivity contribution is 0.0993. The van der Waals surface area contributed by atoms with Crippen molar-refractivity contribution in [2.24, 2.45) is 0 Å². The molecular weight excluding hydrogens is 258 g/mol. The minimum atomic E-state index is 0.160. The van der Waals surface area contributed by atoms with E-state index in [0.29, 0.717) is 6.42 Å². The molecule has 0 N–H and O–H groups in total. The van der Waals surface area contributed by atoms with Gasteiger partial charge in [-0.3, -0.25) is 4.79 Å². The molecule has 2 nitrogen and oxygen atoms in total. The Hall–Kier alpha value is -2.61. The second-order valence-electron chi connectivity index (χ2n) is 5.14. The highest BCUT2D eigenvalue weighted by Gasteiger charge is 2.08. The third-order valence-electron chi connectivity index (χ3n) is 3.49. The molecule has 3 rings (SSSR count). The quantitative estimate of drug-likeness (QED) is 0.646. The van der Waals surface area contributed by atoms with Crippen LogP contribution in [0, 0.1) is 0 Å². The fraction of sp³-hybridized carbons (Fsp3) is 0.105. The molecular formula is C19H17NO. The molecule has 0 aliphatic rings. The van der Waals surface area contributed by atoms with Gasteiger partial charge in [0.05, 0.1) is 0 Å². The van der Waals surface area contributed by atoms with Gasteiger partial charge in [-0.2, -0.15) is 0 Å². The fourth-order valence-corrected chi connectivity index (χ4v) is 2.38. The van der Waals surface area contributed by atoms with E-state index in [0.717, 1.165) is 17.7 Å². The maximum Gasteiger partial charge on any atom is 0.168 e. The van der Waals surface area contributed by atoms with Crippen molar-refractivity contribution in [3.63, 3.8) is 0 Å². The Morgan fingerprint density at radius 3 is 2.10 bits per heavy atom. The van der Waals surface area contributed by atoms with E-state index in [9.17, 15) is 4.79 Å². The Labute approximate surface area is 124 Å². The van der Waals surface area contributed by atoms with Crippen LogP contribution in [0.1, 0.15) is 21.5 Å². The number of hydrogen-bond acceptors (Lipinski definition) is 1. The maximum atomic E-state index is 12.3. The lowest BCUT2D eigenvalue weighted by Crippen LogP contribution is -2.03. The second kappa shape index (κ2) is 6.23. The van der Waals surface area contributed by atoms with Gasteiger partial charge >= 0.3 is 0 Å². The largest absolute Gasteiger partial charge is 0.349 e. The van der Waals surface area contributed by atoms with Gasteiger partial charge < -0.3 is 4.57 Å². The second-order valence-corrected chi connectivity index (χ2v) is 5.14. The molecule has 0 saturated heterocycles. The number of ketones is 1. The summed E-state index contributed by atoms with van der Waals surface area (Å²) >= 11 is 0. The van der Waals surface area contributed by atoms with Crippen LogP contribution in [0.25, 0.3) is 0 Å². The van der Waals surface area contributed by atoms with Crippen molar-refractivity contribution in [1.82, 2.24) is 4.57 Å². The maximum absolute atomic E-state index is 12.3. The number of carbonyl (C=O) groups excluding carboxylic acids is 1. The zero-order chi connectivity index (χ0) is 14.5. The van der Waals surface area contributed by atoms with Gasteiger partial charge in [0.2, 0.25) is 0 Å². The molecule has 2 aromatic carbocycles. The van der Waals surface area contributed by atoms with Gasteiger partial charge in [-0.1, -0.05) is 60.7 Å². The molecule has 1 aromatic heterocycles. The zero-order valence-electron chi connectivity index (χ0n) is 11.8. The summed E-state index contributed by atoms with van der Waals surface area (Å²) in [6.45, 7) is 0.791. The summed E-state index contributed by atoms with van der Waals surface area (Å²) in [5.41, 5.74) is 3.06. The first-order chi connectivity index (χ1) is 10.3. The Morgan fingerprint density at radius 1 is 0.810 bits per heavy atom. The van der Waals surface area contributed by atoms with Crippen LogP contribution in [0.2, 0.25) is 0 Å². The molecule has 0 saturated carbocycles. The van der Waals surface area contributed by atoms with Crippen molar-refractivity contribution in [3.05, 3.63) is 95.8 Å².